The van der Waals surface area contributed by atoms with Gasteiger partial charge in [-0.3, -0.25) is 9.59 Å². The molecule has 0 saturated heterocycles. The van der Waals surface area contributed by atoms with Gasteiger partial charge in [-0.05, 0) is 32.4 Å². The van der Waals surface area contributed by atoms with Crippen LogP contribution >= 0.6 is 0 Å². The number of carbonyl (C=O) groups is 2. The highest BCUT2D eigenvalue weighted by Crippen LogP contribution is 2.28. The molecule has 1 N–H and O–H groups in total. The molecule has 0 radical (unpaired) electrons. The van der Waals surface area contributed by atoms with Crippen LogP contribution < -0.4 is 15.0 Å². The summed E-state index contributed by atoms with van der Waals surface area (Å²) in [6.07, 6.45) is 2.43. The van der Waals surface area contributed by atoms with Crippen LogP contribution in [0.5, 0.6) is 5.75 Å². The van der Waals surface area contributed by atoms with Crippen LogP contribution in [0.4, 0.5) is 5.69 Å². The smallest absolute Gasteiger partial charge is 0.224 e. The molecule has 1 rings (SSSR count). The number of unbranched alkanes of at least 4 members (excludes halogenated alkanes) is 1. The van der Waals surface area contributed by atoms with Gasteiger partial charge in [0.25, 0.3) is 0 Å². The van der Waals surface area contributed by atoms with Crippen molar-refractivity contribution in [2.24, 2.45) is 0 Å². The molecular formula is C18H28N2O3. The number of amides is 2. The van der Waals surface area contributed by atoms with Crippen molar-refractivity contribution >= 4 is 17.5 Å². The molecule has 0 fully saturated rings. The highest BCUT2D eigenvalue weighted by atomic mass is 16.5. The summed E-state index contributed by atoms with van der Waals surface area (Å²) < 4.78 is 5.78. The number of ether oxygens (including phenoxy) is 1. The molecule has 0 aliphatic heterocycles. The van der Waals surface area contributed by atoms with Gasteiger partial charge in [-0.15, -0.1) is 0 Å². The maximum atomic E-state index is 12.0. The summed E-state index contributed by atoms with van der Waals surface area (Å²) in [4.78, 5) is 25.3. The number of carbonyl (C=O) groups excluding carboxylic acids is 2. The molecule has 0 saturated carbocycles. The summed E-state index contributed by atoms with van der Waals surface area (Å²) in [6, 6.07) is 7.47. The lowest BCUT2D eigenvalue weighted by Gasteiger charge is -2.24. The Kier molecular flexibility index (Phi) is 8.16. The van der Waals surface area contributed by atoms with E-state index in [9.17, 15) is 9.59 Å². The van der Waals surface area contributed by atoms with Gasteiger partial charge in [0, 0.05) is 26.4 Å². The second-order valence-electron chi connectivity index (χ2n) is 5.76. The van der Waals surface area contributed by atoms with Gasteiger partial charge in [0.15, 0.2) is 0 Å². The first kappa shape index (κ1) is 19.0. The third-order valence-electron chi connectivity index (χ3n) is 3.31. The van der Waals surface area contributed by atoms with E-state index in [1.165, 1.54) is 6.92 Å². The van der Waals surface area contributed by atoms with E-state index in [0.717, 1.165) is 18.5 Å². The van der Waals surface area contributed by atoms with Gasteiger partial charge in [-0.1, -0.05) is 25.5 Å². The minimum absolute atomic E-state index is 0.0266. The molecule has 0 aliphatic carbocycles. The second kappa shape index (κ2) is 9.87. The number of nitrogens with one attached hydrogen (secondary N) is 1. The number of para-hydroxylation sites is 2. The summed E-state index contributed by atoms with van der Waals surface area (Å²) in [5, 5.41) is 2.86. The molecule has 0 bridgehead atoms. The van der Waals surface area contributed by atoms with Crippen molar-refractivity contribution < 1.29 is 14.3 Å². The normalized spacial score (nSPS) is 10.5. The third kappa shape index (κ3) is 6.72. The lowest BCUT2D eigenvalue weighted by Crippen LogP contribution is -2.37. The highest BCUT2D eigenvalue weighted by molar-refractivity contribution is 5.93. The number of nitrogens with zero attached hydrogens (tertiary/aromatic N) is 1. The maximum absolute atomic E-state index is 12.0. The second-order valence-corrected chi connectivity index (χ2v) is 5.76. The number of hydrogen-bond donors (Lipinski definition) is 1. The van der Waals surface area contributed by atoms with E-state index in [2.05, 4.69) is 12.2 Å². The number of benzene rings is 1. The van der Waals surface area contributed by atoms with Crippen LogP contribution in [0, 0.1) is 0 Å². The summed E-state index contributed by atoms with van der Waals surface area (Å²) >= 11 is 0. The predicted octanol–water partition coefficient (Wildman–Crippen LogP) is 3.13. The molecule has 0 heterocycles. The van der Waals surface area contributed by atoms with E-state index in [1.54, 1.807) is 4.90 Å². The van der Waals surface area contributed by atoms with Crippen LogP contribution in [-0.4, -0.2) is 31.0 Å². The van der Waals surface area contributed by atoms with Crippen molar-refractivity contribution in [3.05, 3.63) is 24.3 Å². The first-order valence-corrected chi connectivity index (χ1v) is 8.26. The van der Waals surface area contributed by atoms with Gasteiger partial charge in [-0.25, -0.2) is 0 Å². The zero-order chi connectivity index (χ0) is 17.2. The van der Waals surface area contributed by atoms with E-state index >= 15 is 0 Å². The minimum Gasteiger partial charge on any atom is -0.489 e. The Labute approximate surface area is 139 Å². The van der Waals surface area contributed by atoms with Gasteiger partial charge in [0.05, 0.1) is 11.8 Å². The van der Waals surface area contributed by atoms with Crippen LogP contribution in [0.25, 0.3) is 0 Å². The van der Waals surface area contributed by atoms with Crippen molar-refractivity contribution in [3.8, 4) is 5.75 Å². The van der Waals surface area contributed by atoms with Crippen LogP contribution in [0.15, 0.2) is 24.3 Å². The quantitative estimate of drug-likeness (QED) is 0.760. The van der Waals surface area contributed by atoms with Gasteiger partial charge >= 0.3 is 0 Å². The Balaban J connectivity index is 2.72. The average Bonchev–Trinajstić information content (AvgIpc) is 2.49. The molecular weight excluding hydrogens is 292 g/mol. The van der Waals surface area contributed by atoms with Crippen molar-refractivity contribution in [1.82, 2.24) is 5.32 Å². The predicted molar refractivity (Wildman–Crippen MR) is 92.8 cm³/mol. The maximum Gasteiger partial charge on any atom is 0.224 e. The average molecular weight is 320 g/mol. The molecule has 0 aromatic heterocycles. The fraction of sp³-hybridized carbons (Fsp3) is 0.556. The molecule has 5 nitrogen and oxygen atoms in total. The van der Waals surface area contributed by atoms with Crippen molar-refractivity contribution in [1.29, 1.82) is 0 Å². The Morgan fingerprint density at radius 1 is 1.26 bits per heavy atom. The number of anilines is 1. The zero-order valence-electron chi connectivity index (χ0n) is 14.6. The molecule has 23 heavy (non-hydrogen) atoms. The molecule has 128 valence electrons. The Morgan fingerprint density at radius 2 is 1.96 bits per heavy atom. The topological polar surface area (TPSA) is 58.6 Å². The molecule has 5 heteroatoms. The summed E-state index contributed by atoms with van der Waals surface area (Å²) in [5.74, 6) is 0.629. The lowest BCUT2D eigenvalue weighted by atomic mass is 10.2. The van der Waals surface area contributed by atoms with Crippen LogP contribution in [-0.2, 0) is 9.59 Å². The minimum atomic E-state index is -0.0763. The van der Waals surface area contributed by atoms with Crippen molar-refractivity contribution in [3.63, 3.8) is 0 Å². The van der Waals surface area contributed by atoms with Gasteiger partial charge in [0.2, 0.25) is 11.8 Å². The summed E-state index contributed by atoms with van der Waals surface area (Å²) in [7, 11) is 0. The van der Waals surface area contributed by atoms with Gasteiger partial charge in [0.1, 0.15) is 5.75 Å². The molecule has 2 amide bonds. The molecule has 0 unspecified atom stereocenters. The fourth-order valence-corrected chi connectivity index (χ4v) is 2.21. The van der Waals surface area contributed by atoms with Gasteiger partial charge in [-0.2, -0.15) is 0 Å². The molecule has 1 aromatic rings. The van der Waals surface area contributed by atoms with E-state index in [1.807, 2.05) is 38.1 Å². The van der Waals surface area contributed by atoms with Crippen LogP contribution in [0.1, 0.15) is 47.0 Å². The monoisotopic (exact) mass is 320 g/mol. The number of hydrogen-bond acceptors (Lipinski definition) is 3. The molecule has 0 atom stereocenters. The Hall–Kier alpha value is -2.04. The van der Waals surface area contributed by atoms with Crippen LogP contribution in [0.2, 0.25) is 0 Å². The SMILES string of the molecule is CCCCC(=O)NCCN(C(C)=O)c1ccccc1OC(C)C. The largest absolute Gasteiger partial charge is 0.489 e. The molecule has 1 aromatic carbocycles. The van der Waals surface area contributed by atoms with Crippen LogP contribution in [0.3, 0.4) is 0 Å². The molecule has 0 spiro atoms. The highest BCUT2D eigenvalue weighted by Gasteiger charge is 2.16. The van der Waals surface area contributed by atoms with E-state index in [0.29, 0.717) is 25.3 Å². The first-order chi connectivity index (χ1) is 11.0. The zero-order valence-corrected chi connectivity index (χ0v) is 14.6. The molecule has 0 aliphatic rings. The first-order valence-electron chi connectivity index (χ1n) is 8.26. The lowest BCUT2D eigenvalue weighted by molar-refractivity contribution is -0.121. The van der Waals surface area contributed by atoms with E-state index in [4.69, 9.17) is 4.74 Å². The summed E-state index contributed by atoms with van der Waals surface area (Å²) in [6.45, 7) is 8.32. The fourth-order valence-electron chi connectivity index (χ4n) is 2.21. The van der Waals surface area contributed by atoms with E-state index < -0.39 is 0 Å². The summed E-state index contributed by atoms with van der Waals surface area (Å²) in [5.41, 5.74) is 0.733. The van der Waals surface area contributed by atoms with Gasteiger partial charge < -0.3 is 15.0 Å². The van der Waals surface area contributed by atoms with Crippen molar-refractivity contribution in [2.45, 2.75) is 53.1 Å². The van der Waals surface area contributed by atoms with E-state index in [-0.39, 0.29) is 17.9 Å². The Bertz CT molecular complexity index is 515. The standard InChI is InChI=1S/C18H28N2O3/c1-5-6-11-18(22)19-12-13-20(15(4)21)16-9-7-8-10-17(16)23-14(2)3/h7-10,14H,5-6,11-13H2,1-4H3,(H,19,22). The third-order valence-corrected chi connectivity index (χ3v) is 3.31. The Morgan fingerprint density at radius 3 is 2.57 bits per heavy atom. The number of rotatable bonds is 9. The van der Waals surface area contributed by atoms with Crippen molar-refractivity contribution in [2.75, 3.05) is 18.0 Å².